The first-order chi connectivity index (χ1) is 14.5. The van der Waals surface area contributed by atoms with E-state index in [1.165, 1.54) is 24.4 Å². The molecular weight excluding hydrogens is 411 g/mol. The highest BCUT2D eigenvalue weighted by molar-refractivity contribution is 6.30. The number of methoxy groups -OCH3 is 2. The first-order valence-corrected chi connectivity index (χ1v) is 9.27. The van der Waals surface area contributed by atoms with Crippen LogP contribution in [-0.4, -0.2) is 24.2 Å². The standard InChI is InChI=1S/C20H20ClFN6O2/c1-29-13-6-5-12(17(8-13)30-2)10-25-20-19(15(23)9-18(21)27-20)28-26-11-16-14(22)4-3-7-24-16/h3-9H,10-11H2,1-2H3,(H3,23,25,27). The molecule has 8 nitrogen and oxygen atoms in total. The molecule has 0 aliphatic carbocycles. The molecule has 3 rings (SSSR count). The molecule has 0 spiro atoms. The van der Waals surface area contributed by atoms with Gasteiger partial charge in [-0.2, -0.15) is 5.11 Å². The molecule has 0 bridgehead atoms. The quantitative estimate of drug-likeness (QED) is 0.394. The van der Waals surface area contributed by atoms with Crippen molar-refractivity contribution in [2.24, 2.45) is 10.2 Å². The molecule has 0 aliphatic heterocycles. The zero-order valence-electron chi connectivity index (χ0n) is 16.4. The van der Waals surface area contributed by atoms with E-state index < -0.39 is 5.82 Å². The van der Waals surface area contributed by atoms with Gasteiger partial charge >= 0.3 is 0 Å². The molecule has 0 amide bonds. The molecule has 156 valence electrons. The summed E-state index contributed by atoms with van der Waals surface area (Å²) in [6, 6.07) is 9.75. The van der Waals surface area contributed by atoms with Crippen molar-refractivity contribution in [3.05, 3.63) is 64.8 Å². The number of pyridine rings is 2. The van der Waals surface area contributed by atoms with Gasteiger partial charge in [0.2, 0.25) is 0 Å². The number of azo groups is 1. The van der Waals surface area contributed by atoms with E-state index in [0.29, 0.717) is 29.5 Å². The molecule has 0 saturated carbocycles. The van der Waals surface area contributed by atoms with Crippen LogP contribution in [0.2, 0.25) is 5.15 Å². The van der Waals surface area contributed by atoms with Gasteiger partial charge in [-0.05, 0) is 24.3 Å². The SMILES string of the molecule is COc1ccc(CNc2nc(Cl)cc(N)c2N=NCc2ncccc2F)c(OC)c1. The van der Waals surface area contributed by atoms with Gasteiger partial charge in [-0.15, -0.1) is 5.11 Å². The van der Waals surface area contributed by atoms with Gasteiger partial charge in [-0.25, -0.2) is 9.37 Å². The monoisotopic (exact) mass is 430 g/mol. The highest BCUT2D eigenvalue weighted by atomic mass is 35.5. The second-order valence-corrected chi connectivity index (χ2v) is 6.48. The number of hydrogen-bond donors (Lipinski definition) is 2. The van der Waals surface area contributed by atoms with Gasteiger partial charge in [0.1, 0.15) is 29.0 Å². The Labute approximate surface area is 177 Å². The fourth-order valence-corrected chi connectivity index (χ4v) is 2.84. The number of aromatic nitrogens is 2. The largest absolute Gasteiger partial charge is 0.497 e. The van der Waals surface area contributed by atoms with Crippen LogP contribution in [0.25, 0.3) is 0 Å². The number of benzene rings is 1. The van der Waals surface area contributed by atoms with E-state index in [1.807, 2.05) is 12.1 Å². The van der Waals surface area contributed by atoms with E-state index in [2.05, 4.69) is 25.5 Å². The van der Waals surface area contributed by atoms with Gasteiger partial charge in [0.05, 0.1) is 25.6 Å². The maximum absolute atomic E-state index is 13.7. The summed E-state index contributed by atoms with van der Waals surface area (Å²) in [5.74, 6) is 1.20. The molecule has 0 atom stereocenters. The molecule has 2 heterocycles. The molecule has 0 unspecified atom stereocenters. The second kappa shape index (κ2) is 9.84. The third-order valence-corrected chi connectivity index (χ3v) is 4.35. The van der Waals surface area contributed by atoms with Crippen LogP contribution in [0, 0.1) is 5.82 Å². The van der Waals surface area contributed by atoms with Crippen LogP contribution in [0.3, 0.4) is 0 Å². The minimum Gasteiger partial charge on any atom is -0.497 e. The van der Waals surface area contributed by atoms with E-state index >= 15 is 0 Å². The Morgan fingerprint density at radius 2 is 2.03 bits per heavy atom. The number of halogens is 2. The van der Waals surface area contributed by atoms with Crippen LogP contribution >= 0.6 is 11.6 Å². The van der Waals surface area contributed by atoms with E-state index in [-0.39, 0.29) is 23.1 Å². The molecule has 10 heteroatoms. The van der Waals surface area contributed by atoms with Crippen molar-refractivity contribution < 1.29 is 13.9 Å². The van der Waals surface area contributed by atoms with Crippen LogP contribution in [0.4, 0.5) is 21.6 Å². The van der Waals surface area contributed by atoms with Gasteiger partial charge in [0.15, 0.2) is 11.5 Å². The van der Waals surface area contributed by atoms with Crippen LogP contribution in [0.1, 0.15) is 11.3 Å². The average Bonchev–Trinajstić information content (AvgIpc) is 2.74. The van der Waals surface area contributed by atoms with E-state index in [4.69, 9.17) is 26.8 Å². The number of anilines is 2. The second-order valence-electron chi connectivity index (χ2n) is 6.09. The zero-order chi connectivity index (χ0) is 21.5. The maximum Gasteiger partial charge on any atom is 0.158 e. The Hall–Kier alpha value is -3.46. The van der Waals surface area contributed by atoms with Crippen LogP contribution < -0.4 is 20.5 Å². The molecule has 2 aromatic heterocycles. The van der Waals surface area contributed by atoms with Gasteiger partial charge in [-0.1, -0.05) is 11.6 Å². The summed E-state index contributed by atoms with van der Waals surface area (Å²) in [6.07, 6.45) is 1.49. The van der Waals surface area contributed by atoms with E-state index in [1.54, 1.807) is 20.3 Å². The number of ether oxygens (including phenoxy) is 2. The Kier molecular flexibility index (Phi) is 6.97. The van der Waals surface area contributed by atoms with Gasteiger partial charge in [0.25, 0.3) is 0 Å². The third-order valence-electron chi connectivity index (χ3n) is 4.16. The highest BCUT2D eigenvalue weighted by Crippen LogP contribution is 2.34. The molecule has 0 radical (unpaired) electrons. The van der Waals surface area contributed by atoms with Crippen molar-refractivity contribution in [3.63, 3.8) is 0 Å². The number of rotatable bonds is 8. The van der Waals surface area contributed by atoms with Crippen molar-refractivity contribution in [2.45, 2.75) is 13.1 Å². The van der Waals surface area contributed by atoms with Crippen molar-refractivity contribution in [2.75, 3.05) is 25.3 Å². The summed E-state index contributed by atoms with van der Waals surface area (Å²) in [4.78, 5) is 8.19. The predicted octanol–water partition coefficient (Wildman–Crippen LogP) is 4.76. The molecule has 1 aromatic carbocycles. The summed E-state index contributed by atoms with van der Waals surface area (Å²) in [6.45, 7) is 0.317. The van der Waals surface area contributed by atoms with Crippen LogP contribution in [0.15, 0.2) is 52.8 Å². The maximum atomic E-state index is 13.7. The fourth-order valence-electron chi connectivity index (χ4n) is 2.64. The lowest BCUT2D eigenvalue weighted by molar-refractivity contribution is 0.391. The number of nitrogen functional groups attached to an aromatic ring is 1. The minimum atomic E-state index is -0.455. The topological polar surface area (TPSA) is 107 Å². The number of nitrogens with two attached hydrogens (primary N) is 1. The van der Waals surface area contributed by atoms with Crippen molar-refractivity contribution >= 4 is 28.8 Å². The molecule has 30 heavy (non-hydrogen) atoms. The summed E-state index contributed by atoms with van der Waals surface area (Å²) in [7, 11) is 3.16. The average molecular weight is 431 g/mol. The Balaban J connectivity index is 1.81. The van der Waals surface area contributed by atoms with E-state index in [9.17, 15) is 4.39 Å². The minimum absolute atomic E-state index is 0.0412. The smallest absolute Gasteiger partial charge is 0.158 e. The lowest BCUT2D eigenvalue weighted by Crippen LogP contribution is -2.05. The van der Waals surface area contributed by atoms with Crippen molar-refractivity contribution in [1.82, 2.24) is 9.97 Å². The Bertz CT molecular complexity index is 1060. The van der Waals surface area contributed by atoms with Crippen molar-refractivity contribution in [3.8, 4) is 11.5 Å². The van der Waals surface area contributed by atoms with Gasteiger partial charge in [0, 0.05) is 30.4 Å². The first-order valence-electron chi connectivity index (χ1n) is 8.89. The van der Waals surface area contributed by atoms with Gasteiger partial charge in [-0.3, -0.25) is 4.98 Å². The predicted molar refractivity (Wildman–Crippen MR) is 113 cm³/mol. The molecular formula is C20H20ClFN6O2. The Morgan fingerprint density at radius 3 is 2.77 bits per heavy atom. The lowest BCUT2D eigenvalue weighted by Gasteiger charge is -2.13. The number of nitrogens with zero attached hydrogens (tertiary/aromatic N) is 4. The summed E-state index contributed by atoms with van der Waals surface area (Å²) in [5, 5.41) is 11.5. The summed E-state index contributed by atoms with van der Waals surface area (Å²) in [5.41, 5.74) is 7.66. The fraction of sp³-hybridized carbons (Fsp3) is 0.200. The molecule has 0 fully saturated rings. The normalized spacial score (nSPS) is 10.9. The van der Waals surface area contributed by atoms with Crippen LogP contribution in [-0.2, 0) is 13.1 Å². The first kappa shape index (κ1) is 21.3. The summed E-state index contributed by atoms with van der Waals surface area (Å²) < 4.78 is 24.3. The lowest BCUT2D eigenvalue weighted by atomic mass is 10.2. The van der Waals surface area contributed by atoms with Crippen molar-refractivity contribution in [1.29, 1.82) is 0 Å². The van der Waals surface area contributed by atoms with E-state index in [0.717, 1.165) is 5.56 Å². The highest BCUT2D eigenvalue weighted by Gasteiger charge is 2.12. The van der Waals surface area contributed by atoms with Gasteiger partial charge < -0.3 is 20.5 Å². The Morgan fingerprint density at radius 1 is 1.20 bits per heavy atom. The number of hydrogen-bond acceptors (Lipinski definition) is 8. The summed E-state index contributed by atoms with van der Waals surface area (Å²) >= 11 is 6.05. The molecule has 0 aliphatic rings. The number of nitrogens with one attached hydrogen (secondary N) is 1. The third kappa shape index (κ3) is 5.12. The zero-order valence-corrected chi connectivity index (χ0v) is 17.2. The molecule has 0 saturated heterocycles. The van der Waals surface area contributed by atoms with Crippen LogP contribution in [0.5, 0.6) is 11.5 Å². The molecule has 3 aromatic rings. The molecule has 3 N–H and O–H groups in total.